The van der Waals surface area contributed by atoms with E-state index < -0.39 is 5.97 Å². The molecule has 2 rings (SSSR count). The molecule has 5 heteroatoms. The topological polar surface area (TPSA) is 79.5 Å². The molecule has 1 amide bonds. The first-order valence-corrected chi connectivity index (χ1v) is 8.09. The second-order valence-electron chi connectivity index (χ2n) is 5.98. The quantitative estimate of drug-likeness (QED) is 0.811. The molecular weight excluding hydrogens is 306 g/mol. The van der Waals surface area contributed by atoms with E-state index in [1.165, 1.54) is 6.07 Å². The van der Waals surface area contributed by atoms with E-state index in [1.807, 2.05) is 30.3 Å². The number of hydrogen-bond acceptors (Lipinski definition) is 3. The number of rotatable bonds is 7. The van der Waals surface area contributed by atoms with Gasteiger partial charge in [0.25, 0.3) is 0 Å². The Morgan fingerprint density at radius 2 is 1.92 bits per heavy atom. The molecule has 0 aliphatic heterocycles. The molecule has 1 heterocycles. The van der Waals surface area contributed by atoms with Gasteiger partial charge in [0.05, 0.1) is 12.5 Å². The number of amides is 1. The molecule has 0 unspecified atom stereocenters. The standard InChI is InChI=1S/C19H23NO4/c1-4-12(2)17(14-8-6-5-7-9-14)18(21)20-11-15-10-16(19(22)23)13(3)24-15/h5-10,12,17H,4,11H2,1-3H3,(H,20,21)(H,22,23)/t12-,17-/m1/s1. The van der Waals surface area contributed by atoms with Crippen molar-refractivity contribution in [1.82, 2.24) is 5.32 Å². The van der Waals surface area contributed by atoms with Gasteiger partial charge in [-0.2, -0.15) is 0 Å². The van der Waals surface area contributed by atoms with E-state index in [2.05, 4.69) is 19.2 Å². The van der Waals surface area contributed by atoms with Crippen LogP contribution in [0.25, 0.3) is 0 Å². The van der Waals surface area contributed by atoms with Crippen molar-refractivity contribution in [3.05, 3.63) is 59.0 Å². The van der Waals surface area contributed by atoms with Crippen LogP contribution in [0, 0.1) is 12.8 Å². The van der Waals surface area contributed by atoms with Crippen molar-refractivity contribution in [3.63, 3.8) is 0 Å². The van der Waals surface area contributed by atoms with Gasteiger partial charge in [0.15, 0.2) is 0 Å². The van der Waals surface area contributed by atoms with Crippen LogP contribution < -0.4 is 5.32 Å². The van der Waals surface area contributed by atoms with Gasteiger partial charge >= 0.3 is 5.97 Å². The van der Waals surface area contributed by atoms with Crippen molar-refractivity contribution in [1.29, 1.82) is 0 Å². The average molecular weight is 329 g/mol. The first-order valence-electron chi connectivity index (χ1n) is 8.09. The summed E-state index contributed by atoms with van der Waals surface area (Å²) in [5.74, 6) is -0.383. The Morgan fingerprint density at radius 1 is 1.25 bits per heavy atom. The minimum atomic E-state index is -1.03. The Labute approximate surface area is 141 Å². The van der Waals surface area contributed by atoms with E-state index in [0.29, 0.717) is 11.5 Å². The molecular formula is C19H23NO4. The van der Waals surface area contributed by atoms with Gasteiger partial charge in [-0.25, -0.2) is 4.79 Å². The van der Waals surface area contributed by atoms with Crippen molar-refractivity contribution in [2.45, 2.75) is 39.7 Å². The largest absolute Gasteiger partial charge is 0.478 e. The molecule has 2 N–H and O–H groups in total. The molecule has 0 bridgehead atoms. The van der Waals surface area contributed by atoms with Crippen molar-refractivity contribution >= 4 is 11.9 Å². The van der Waals surface area contributed by atoms with Crippen molar-refractivity contribution < 1.29 is 19.1 Å². The van der Waals surface area contributed by atoms with Gasteiger partial charge in [-0.15, -0.1) is 0 Å². The third-order valence-electron chi connectivity index (χ3n) is 4.29. The predicted octanol–water partition coefficient (Wildman–Crippen LogP) is 3.73. The molecule has 2 atom stereocenters. The molecule has 5 nitrogen and oxygen atoms in total. The minimum absolute atomic E-state index is 0.0820. The monoisotopic (exact) mass is 329 g/mol. The SMILES string of the molecule is CC[C@@H](C)[C@@H](C(=O)NCc1cc(C(=O)O)c(C)o1)c1ccccc1. The first kappa shape index (κ1) is 17.8. The van der Waals surface area contributed by atoms with Crippen molar-refractivity contribution in [2.75, 3.05) is 0 Å². The first-order chi connectivity index (χ1) is 11.4. The van der Waals surface area contributed by atoms with Crippen LogP contribution in [0.5, 0.6) is 0 Å². The zero-order chi connectivity index (χ0) is 17.7. The third-order valence-corrected chi connectivity index (χ3v) is 4.29. The Kier molecular flexibility index (Phi) is 5.79. The van der Waals surface area contributed by atoms with E-state index in [-0.39, 0.29) is 29.9 Å². The highest BCUT2D eigenvalue weighted by Gasteiger charge is 2.26. The van der Waals surface area contributed by atoms with Crippen LogP contribution in [0.1, 0.15) is 53.6 Å². The molecule has 0 spiro atoms. The highest BCUT2D eigenvalue weighted by atomic mass is 16.4. The Bertz CT molecular complexity index is 705. The molecule has 1 aromatic carbocycles. The zero-order valence-electron chi connectivity index (χ0n) is 14.2. The summed E-state index contributed by atoms with van der Waals surface area (Å²) in [6.07, 6.45) is 0.885. The van der Waals surface area contributed by atoms with Gasteiger partial charge < -0.3 is 14.8 Å². The lowest BCUT2D eigenvalue weighted by molar-refractivity contribution is -0.123. The molecule has 24 heavy (non-hydrogen) atoms. The number of furan rings is 1. The molecule has 0 fully saturated rings. The zero-order valence-corrected chi connectivity index (χ0v) is 14.2. The Balaban J connectivity index is 2.11. The van der Waals surface area contributed by atoms with Gasteiger partial charge in [-0.3, -0.25) is 4.79 Å². The number of aromatic carboxylic acids is 1. The number of carboxylic acids is 1. The number of carboxylic acid groups (broad SMARTS) is 1. The molecule has 0 aliphatic carbocycles. The molecule has 0 aliphatic rings. The van der Waals surface area contributed by atoms with Crippen molar-refractivity contribution in [3.8, 4) is 0 Å². The van der Waals surface area contributed by atoms with Crippen LogP contribution in [0.4, 0.5) is 0 Å². The molecule has 2 aromatic rings. The van der Waals surface area contributed by atoms with Crippen LogP contribution in [-0.4, -0.2) is 17.0 Å². The van der Waals surface area contributed by atoms with E-state index in [9.17, 15) is 9.59 Å². The fourth-order valence-corrected chi connectivity index (χ4v) is 2.76. The Hall–Kier alpha value is -2.56. The van der Waals surface area contributed by atoms with E-state index >= 15 is 0 Å². The number of nitrogens with one attached hydrogen (secondary N) is 1. The van der Waals surface area contributed by atoms with Crippen molar-refractivity contribution in [2.24, 2.45) is 5.92 Å². The molecule has 0 saturated carbocycles. The highest BCUT2D eigenvalue weighted by Crippen LogP contribution is 2.27. The minimum Gasteiger partial charge on any atom is -0.478 e. The molecule has 0 radical (unpaired) electrons. The normalized spacial score (nSPS) is 13.3. The summed E-state index contributed by atoms with van der Waals surface area (Å²) < 4.78 is 5.40. The highest BCUT2D eigenvalue weighted by molar-refractivity contribution is 5.89. The summed E-state index contributed by atoms with van der Waals surface area (Å²) in [5.41, 5.74) is 1.10. The van der Waals surface area contributed by atoms with Crippen LogP contribution in [0.2, 0.25) is 0 Å². The average Bonchev–Trinajstić information content (AvgIpc) is 2.95. The summed E-state index contributed by atoms with van der Waals surface area (Å²) in [4.78, 5) is 23.7. The van der Waals surface area contributed by atoms with Gasteiger partial charge in [0.1, 0.15) is 17.1 Å². The second kappa shape index (κ2) is 7.81. The summed E-state index contributed by atoms with van der Waals surface area (Å²) >= 11 is 0. The Morgan fingerprint density at radius 3 is 2.46 bits per heavy atom. The number of carbonyl (C=O) groups is 2. The second-order valence-corrected chi connectivity index (χ2v) is 5.98. The van der Waals surface area contributed by atoms with E-state index in [0.717, 1.165) is 12.0 Å². The lowest BCUT2D eigenvalue weighted by Crippen LogP contribution is -2.32. The van der Waals surface area contributed by atoms with Gasteiger partial charge in [-0.1, -0.05) is 50.6 Å². The lowest BCUT2D eigenvalue weighted by atomic mass is 9.85. The maximum Gasteiger partial charge on any atom is 0.339 e. The van der Waals surface area contributed by atoms with Gasteiger partial charge in [0, 0.05) is 0 Å². The van der Waals surface area contributed by atoms with Crippen LogP contribution in [-0.2, 0) is 11.3 Å². The lowest BCUT2D eigenvalue weighted by Gasteiger charge is -2.22. The maximum absolute atomic E-state index is 12.7. The van der Waals surface area contributed by atoms with Crippen LogP contribution in [0.3, 0.4) is 0 Å². The summed E-state index contributed by atoms with van der Waals surface area (Å²) in [7, 11) is 0. The maximum atomic E-state index is 12.7. The van der Waals surface area contributed by atoms with Gasteiger partial charge in [0.2, 0.25) is 5.91 Å². The fraction of sp³-hybridized carbons (Fsp3) is 0.368. The smallest absolute Gasteiger partial charge is 0.339 e. The third kappa shape index (κ3) is 4.04. The molecule has 1 aromatic heterocycles. The number of carbonyl (C=O) groups excluding carboxylic acids is 1. The van der Waals surface area contributed by atoms with Crippen LogP contribution in [0.15, 0.2) is 40.8 Å². The van der Waals surface area contributed by atoms with E-state index in [1.54, 1.807) is 6.92 Å². The molecule has 0 saturated heterocycles. The number of benzene rings is 1. The number of hydrogen-bond donors (Lipinski definition) is 2. The molecule has 128 valence electrons. The summed E-state index contributed by atoms with van der Waals surface area (Å²) in [6.45, 7) is 5.88. The fourth-order valence-electron chi connectivity index (χ4n) is 2.76. The summed E-state index contributed by atoms with van der Waals surface area (Å²) in [6, 6.07) is 11.1. The predicted molar refractivity (Wildman–Crippen MR) is 90.9 cm³/mol. The van der Waals surface area contributed by atoms with E-state index in [4.69, 9.17) is 9.52 Å². The summed E-state index contributed by atoms with van der Waals surface area (Å²) in [5, 5.41) is 11.9. The number of aryl methyl sites for hydroxylation is 1. The van der Waals surface area contributed by atoms with Gasteiger partial charge in [-0.05, 0) is 24.5 Å². The van der Waals surface area contributed by atoms with Crippen LogP contribution >= 0.6 is 0 Å².